The van der Waals surface area contributed by atoms with Gasteiger partial charge in [-0.05, 0) is 23.1 Å². The van der Waals surface area contributed by atoms with E-state index in [4.69, 9.17) is 5.73 Å². The number of aryl methyl sites for hydroxylation is 1. The molecule has 4 N–H and O–H groups in total. The Labute approximate surface area is 104 Å². The van der Waals surface area contributed by atoms with Crippen molar-refractivity contribution in [2.24, 2.45) is 5.73 Å². The minimum atomic E-state index is -1.62. The minimum Gasteiger partial charge on any atom is -0.385 e. The van der Waals surface area contributed by atoms with Crippen molar-refractivity contribution in [1.29, 1.82) is 0 Å². The van der Waals surface area contributed by atoms with Crippen LogP contribution in [-0.4, -0.2) is 28.0 Å². The molecule has 5 heteroatoms. The molecule has 1 aromatic carbocycles. The van der Waals surface area contributed by atoms with Crippen LogP contribution in [0.2, 0.25) is 0 Å². The van der Waals surface area contributed by atoms with Gasteiger partial charge < -0.3 is 15.9 Å². The fraction of sp³-hybridized carbons (Fsp3) is 0.385. The molecule has 5 nitrogen and oxygen atoms in total. The summed E-state index contributed by atoms with van der Waals surface area (Å²) < 4.78 is 0. The fourth-order valence-corrected chi connectivity index (χ4v) is 2.15. The Kier molecular flexibility index (Phi) is 3.45. The van der Waals surface area contributed by atoms with Gasteiger partial charge in [0.1, 0.15) is 11.9 Å². The average Bonchev–Trinajstić information content (AvgIpc) is 2.36. The summed E-state index contributed by atoms with van der Waals surface area (Å²) in [6.07, 6.45) is -1.42. The number of aliphatic hydroxyl groups is 2. The topological polar surface area (TPSA) is 101 Å². The van der Waals surface area contributed by atoms with Crippen molar-refractivity contribution in [2.75, 3.05) is 0 Å². The molecule has 0 spiro atoms. The van der Waals surface area contributed by atoms with Gasteiger partial charge in [-0.15, -0.1) is 0 Å². The normalized spacial score (nSPS) is 18.0. The molecule has 0 aliphatic heterocycles. The molecule has 18 heavy (non-hydrogen) atoms. The lowest BCUT2D eigenvalue weighted by atomic mass is 9.88. The first kappa shape index (κ1) is 12.7. The Morgan fingerprint density at radius 3 is 2.61 bits per heavy atom. The molecule has 0 radical (unpaired) electrons. The van der Waals surface area contributed by atoms with Crippen LogP contribution >= 0.6 is 0 Å². The van der Waals surface area contributed by atoms with E-state index in [1.54, 1.807) is 18.2 Å². The standard InChI is InChI=1S/C13H15NO4/c14-13(18)12(17)11(16)9-2-1-8-6-10(15)4-3-7(8)5-9/h1-2,5,11-12,16-17H,3-4,6H2,(H2,14,18). The third-order valence-corrected chi connectivity index (χ3v) is 3.22. The second kappa shape index (κ2) is 4.88. The maximum absolute atomic E-state index is 11.3. The molecule has 0 saturated carbocycles. The molecule has 1 amide bonds. The molecule has 1 aliphatic carbocycles. The maximum atomic E-state index is 11.3. The SMILES string of the molecule is NC(=O)C(O)C(O)c1ccc2c(c1)CCC(=O)C2. The van der Waals surface area contributed by atoms with Crippen LogP contribution < -0.4 is 5.73 Å². The van der Waals surface area contributed by atoms with Crippen molar-refractivity contribution in [2.45, 2.75) is 31.5 Å². The van der Waals surface area contributed by atoms with Crippen LogP contribution in [0.15, 0.2) is 18.2 Å². The molecule has 0 saturated heterocycles. The van der Waals surface area contributed by atoms with Gasteiger partial charge in [-0.2, -0.15) is 0 Å². The number of aliphatic hydroxyl groups excluding tert-OH is 2. The average molecular weight is 249 g/mol. The number of primary amides is 1. The molecular formula is C13H15NO4. The van der Waals surface area contributed by atoms with Gasteiger partial charge in [0.05, 0.1) is 0 Å². The number of ketones is 1. The summed E-state index contributed by atoms with van der Waals surface area (Å²) in [7, 11) is 0. The molecule has 2 atom stereocenters. The quantitative estimate of drug-likeness (QED) is 0.680. The van der Waals surface area contributed by atoms with Gasteiger partial charge in [-0.1, -0.05) is 18.2 Å². The van der Waals surface area contributed by atoms with Gasteiger partial charge in [0.15, 0.2) is 6.10 Å². The van der Waals surface area contributed by atoms with E-state index >= 15 is 0 Å². The summed E-state index contributed by atoms with van der Waals surface area (Å²) in [4.78, 5) is 22.1. The summed E-state index contributed by atoms with van der Waals surface area (Å²) in [6, 6.07) is 5.07. The Balaban J connectivity index is 2.26. The Bertz CT molecular complexity index is 498. The molecule has 0 bridgehead atoms. The first-order valence-corrected chi connectivity index (χ1v) is 5.78. The summed E-state index contributed by atoms with van der Waals surface area (Å²) >= 11 is 0. The first-order chi connectivity index (χ1) is 8.49. The number of hydrogen-bond donors (Lipinski definition) is 3. The number of benzene rings is 1. The lowest BCUT2D eigenvalue weighted by Crippen LogP contribution is -2.34. The highest BCUT2D eigenvalue weighted by Crippen LogP contribution is 2.25. The first-order valence-electron chi connectivity index (χ1n) is 5.78. The minimum absolute atomic E-state index is 0.202. The number of carbonyl (C=O) groups is 2. The van der Waals surface area contributed by atoms with Crippen LogP contribution in [0.1, 0.15) is 29.2 Å². The zero-order valence-corrected chi connectivity index (χ0v) is 9.80. The molecule has 0 heterocycles. The summed E-state index contributed by atoms with van der Waals surface area (Å²) in [5.74, 6) is -0.761. The fourth-order valence-electron chi connectivity index (χ4n) is 2.15. The molecular weight excluding hydrogens is 234 g/mol. The van der Waals surface area contributed by atoms with Crippen molar-refractivity contribution in [1.82, 2.24) is 0 Å². The monoisotopic (exact) mass is 249 g/mol. The van der Waals surface area contributed by atoms with Crippen molar-refractivity contribution in [3.63, 3.8) is 0 Å². The number of amides is 1. The van der Waals surface area contributed by atoms with Gasteiger partial charge in [0.25, 0.3) is 0 Å². The van der Waals surface area contributed by atoms with E-state index < -0.39 is 18.1 Å². The predicted molar refractivity (Wildman–Crippen MR) is 63.6 cm³/mol. The number of Topliss-reactive ketones (excluding diaryl/α,β-unsaturated/α-hetero) is 1. The molecule has 1 aromatic rings. The highest BCUT2D eigenvalue weighted by molar-refractivity contribution is 5.83. The number of hydrogen-bond acceptors (Lipinski definition) is 4. The molecule has 96 valence electrons. The molecule has 1 aliphatic rings. The van der Waals surface area contributed by atoms with Crippen LogP contribution in [0.4, 0.5) is 0 Å². The van der Waals surface area contributed by atoms with Crippen molar-refractivity contribution in [3.05, 3.63) is 34.9 Å². The van der Waals surface area contributed by atoms with Crippen LogP contribution in [0.25, 0.3) is 0 Å². The third-order valence-electron chi connectivity index (χ3n) is 3.22. The summed E-state index contributed by atoms with van der Waals surface area (Å²) in [5, 5.41) is 19.2. The van der Waals surface area contributed by atoms with Gasteiger partial charge >= 0.3 is 0 Å². The van der Waals surface area contributed by atoms with Crippen LogP contribution in [0, 0.1) is 0 Å². The van der Waals surface area contributed by atoms with Crippen molar-refractivity contribution in [3.8, 4) is 0 Å². The molecule has 0 aromatic heterocycles. The summed E-state index contributed by atoms with van der Waals surface area (Å²) in [6.45, 7) is 0. The van der Waals surface area contributed by atoms with Gasteiger partial charge in [0, 0.05) is 12.8 Å². The lowest BCUT2D eigenvalue weighted by molar-refractivity contribution is -0.132. The van der Waals surface area contributed by atoms with E-state index in [1.807, 2.05) is 0 Å². The van der Waals surface area contributed by atoms with Crippen LogP contribution in [0.3, 0.4) is 0 Å². The van der Waals surface area contributed by atoms with Crippen LogP contribution in [-0.2, 0) is 22.4 Å². The van der Waals surface area contributed by atoms with Crippen LogP contribution in [0.5, 0.6) is 0 Å². The predicted octanol–water partition coefficient (Wildman–Crippen LogP) is -0.376. The largest absolute Gasteiger partial charge is 0.385 e. The van der Waals surface area contributed by atoms with Gasteiger partial charge in [-0.3, -0.25) is 9.59 Å². The Hall–Kier alpha value is -1.72. The highest BCUT2D eigenvalue weighted by atomic mass is 16.3. The number of carbonyl (C=O) groups excluding carboxylic acids is 2. The molecule has 2 unspecified atom stereocenters. The maximum Gasteiger partial charge on any atom is 0.249 e. The van der Waals surface area contributed by atoms with Gasteiger partial charge in [0.2, 0.25) is 5.91 Å². The van der Waals surface area contributed by atoms with E-state index in [9.17, 15) is 19.8 Å². The zero-order chi connectivity index (χ0) is 13.3. The van der Waals surface area contributed by atoms with E-state index in [2.05, 4.69) is 0 Å². The Morgan fingerprint density at radius 1 is 1.22 bits per heavy atom. The van der Waals surface area contributed by atoms with E-state index in [1.165, 1.54) is 0 Å². The number of fused-ring (bicyclic) bond motifs is 1. The Morgan fingerprint density at radius 2 is 1.94 bits per heavy atom. The van der Waals surface area contributed by atoms with Crippen molar-refractivity contribution >= 4 is 11.7 Å². The number of nitrogens with two attached hydrogens (primary N) is 1. The zero-order valence-electron chi connectivity index (χ0n) is 9.80. The van der Waals surface area contributed by atoms with E-state index in [-0.39, 0.29) is 5.78 Å². The third kappa shape index (κ3) is 2.42. The van der Waals surface area contributed by atoms with Crippen molar-refractivity contribution < 1.29 is 19.8 Å². The van der Waals surface area contributed by atoms with E-state index in [0.717, 1.165) is 11.1 Å². The molecule has 0 fully saturated rings. The smallest absolute Gasteiger partial charge is 0.249 e. The second-order valence-corrected chi connectivity index (χ2v) is 4.54. The number of rotatable bonds is 3. The second-order valence-electron chi connectivity index (χ2n) is 4.54. The van der Waals surface area contributed by atoms with Gasteiger partial charge in [-0.25, -0.2) is 0 Å². The summed E-state index contributed by atoms with van der Waals surface area (Å²) in [5.41, 5.74) is 7.29. The highest BCUT2D eigenvalue weighted by Gasteiger charge is 2.25. The molecule has 2 rings (SSSR count). The van der Waals surface area contributed by atoms with E-state index in [0.29, 0.717) is 24.8 Å². The lowest BCUT2D eigenvalue weighted by Gasteiger charge is -2.19.